The number of ether oxygens (including phenoxy) is 1. The third-order valence-corrected chi connectivity index (χ3v) is 5.23. The highest BCUT2D eigenvalue weighted by molar-refractivity contribution is 5.94. The molecule has 2 aliphatic rings. The van der Waals surface area contributed by atoms with Gasteiger partial charge < -0.3 is 15.0 Å². The van der Waals surface area contributed by atoms with Gasteiger partial charge in [0.2, 0.25) is 0 Å². The largest absolute Gasteiger partial charge is 0.496 e. The number of nitrogens with zero attached hydrogens (tertiary/aromatic N) is 2. The van der Waals surface area contributed by atoms with Gasteiger partial charge in [-0.2, -0.15) is 0 Å². The Labute approximate surface area is 157 Å². The number of benzene rings is 1. The number of halogens is 1. The van der Waals surface area contributed by atoms with E-state index in [1.165, 1.54) is 19.4 Å². The molecule has 3 rings (SSSR count). The number of piperazine rings is 1. The van der Waals surface area contributed by atoms with Crippen molar-refractivity contribution in [2.24, 2.45) is 5.92 Å². The van der Waals surface area contributed by atoms with Crippen LogP contribution >= 0.6 is 12.4 Å². The molecule has 1 amide bonds. The van der Waals surface area contributed by atoms with E-state index in [0.29, 0.717) is 0 Å². The van der Waals surface area contributed by atoms with E-state index in [0.717, 1.165) is 62.1 Å². The lowest BCUT2D eigenvalue weighted by Crippen LogP contribution is -2.50. The van der Waals surface area contributed by atoms with Gasteiger partial charge in [-0.25, -0.2) is 0 Å². The molecular formula is C19H30ClN3O2. The third-order valence-electron chi connectivity index (χ3n) is 5.23. The number of hydrogen-bond acceptors (Lipinski definition) is 4. The van der Waals surface area contributed by atoms with E-state index in [1.807, 2.05) is 30.0 Å². The molecule has 1 aromatic rings. The summed E-state index contributed by atoms with van der Waals surface area (Å²) in [7, 11) is 1.65. The SMILES string of the molecule is COc1cc(C(=O)N2CCN(CC3CCCNC3)CC2)ccc1C.Cl. The van der Waals surface area contributed by atoms with Gasteiger partial charge in [-0.05, 0) is 56.5 Å². The number of aryl methyl sites for hydroxylation is 1. The molecule has 140 valence electrons. The molecule has 25 heavy (non-hydrogen) atoms. The van der Waals surface area contributed by atoms with Gasteiger partial charge in [-0.3, -0.25) is 9.69 Å². The van der Waals surface area contributed by atoms with Crippen molar-refractivity contribution in [1.29, 1.82) is 0 Å². The fraction of sp³-hybridized carbons (Fsp3) is 0.632. The molecule has 0 spiro atoms. The Morgan fingerprint density at radius 3 is 2.68 bits per heavy atom. The first-order chi connectivity index (χ1) is 11.7. The fourth-order valence-electron chi connectivity index (χ4n) is 3.71. The highest BCUT2D eigenvalue weighted by Gasteiger charge is 2.24. The van der Waals surface area contributed by atoms with Gasteiger partial charge in [0, 0.05) is 38.3 Å². The van der Waals surface area contributed by atoms with Crippen LogP contribution in [-0.2, 0) is 0 Å². The number of amides is 1. The van der Waals surface area contributed by atoms with Crippen LogP contribution in [0, 0.1) is 12.8 Å². The Morgan fingerprint density at radius 1 is 1.28 bits per heavy atom. The van der Waals surface area contributed by atoms with Crippen LogP contribution in [0.1, 0.15) is 28.8 Å². The van der Waals surface area contributed by atoms with Crippen LogP contribution in [0.3, 0.4) is 0 Å². The summed E-state index contributed by atoms with van der Waals surface area (Å²) in [4.78, 5) is 17.2. The minimum Gasteiger partial charge on any atom is -0.496 e. The lowest BCUT2D eigenvalue weighted by atomic mass is 9.99. The summed E-state index contributed by atoms with van der Waals surface area (Å²) in [5.74, 6) is 1.67. The first-order valence-electron chi connectivity index (χ1n) is 9.04. The highest BCUT2D eigenvalue weighted by atomic mass is 35.5. The molecule has 6 heteroatoms. The van der Waals surface area contributed by atoms with Gasteiger partial charge in [0.15, 0.2) is 0 Å². The maximum atomic E-state index is 12.7. The Hall–Kier alpha value is -1.30. The van der Waals surface area contributed by atoms with E-state index in [1.54, 1.807) is 7.11 Å². The number of rotatable bonds is 4. The average Bonchev–Trinajstić information content (AvgIpc) is 2.63. The summed E-state index contributed by atoms with van der Waals surface area (Å²) in [6.45, 7) is 9.04. The predicted molar refractivity (Wildman–Crippen MR) is 103 cm³/mol. The molecule has 2 fully saturated rings. The normalized spacial score (nSPS) is 21.5. The first-order valence-corrected chi connectivity index (χ1v) is 9.04. The minimum absolute atomic E-state index is 0. The zero-order valence-corrected chi connectivity index (χ0v) is 16.1. The third kappa shape index (κ3) is 5.09. The van der Waals surface area contributed by atoms with Gasteiger partial charge in [0.05, 0.1) is 7.11 Å². The summed E-state index contributed by atoms with van der Waals surface area (Å²) < 4.78 is 5.34. The summed E-state index contributed by atoms with van der Waals surface area (Å²) in [6, 6.07) is 5.72. The topological polar surface area (TPSA) is 44.8 Å². The number of nitrogens with one attached hydrogen (secondary N) is 1. The Bertz CT molecular complexity index is 568. The van der Waals surface area contributed by atoms with Crippen molar-refractivity contribution in [2.75, 3.05) is 52.9 Å². The second kappa shape index (κ2) is 9.41. The molecular weight excluding hydrogens is 338 g/mol. The quantitative estimate of drug-likeness (QED) is 0.886. The Kier molecular flexibility index (Phi) is 7.54. The van der Waals surface area contributed by atoms with E-state index >= 15 is 0 Å². The average molecular weight is 368 g/mol. The van der Waals surface area contributed by atoms with Crippen molar-refractivity contribution < 1.29 is 9.53 Å². The minimum atomic E-state index is 0. The Morgan fingerprint density at radius 2 is 2.04 bits per heavy atom. The molecule has 0 aromatic heterocycles. The van der Waals surface area contributed by atoms with Crippen LogP contribution < -0.4 is 10.1 Å². The van der Waals surface area contributed by atoms with Crippen LogP contribution in [-0.4, -0.2) is 68.6 Å². The molecule has 0 radical (unpaired) electrons. The molecule has 0 saturated carbocycles. The van der Waals surface area contributed by atoms with Gasteiger partial charge in [0.25, 0.3) is 5.91 Å². The number of carbonyl (C=O) groups excluding carboxylic acids is 1. The van der Waals surface area contributed by atoms with Gasteiger partial charge in [-0.15, -0.1) is 12.4 Å². The van der Waals surface area contributed by atoms with Crippen molar-refractivity contribution in [2.45, 2.75) is 19.8 Å². The van der Waals surface area contributed by atoms with E-state index < -0.39 is 0 Å². The van der Waals surface area contributed by atoms with Crippen LogP contribution in [0.5, 0.6) is 5.75 Å². The van der Waals surface area contributed by atoms with Crippen molar-refractivity contribution in [3.05, 3.63) is 29.3 Å². The molecule has 1 aromatic carbocycles. The zero-order valence-electron chi connectivity index (χ0n) is 15.3. The maximum Gasteiger partial charge on any atom is 0.254 e. The van der Waals surface area contributed by atoms with Crippen molar-refractivity contribution in [3.63, 3.8) is 0 Å². The van der Waals surface area contributed by atoms with Crippen molar-refractivity contribution >= 4 is 18.3 Å². The van der Waals surface area contributed by atoms with Crippen LogP contribution in [0.25, 0.3) is 0 Å². The molecule has 1 unspecified atom stereocenters. The fourth-order valence-corrected chi connectivity index (χ4v) is 3.71. The predicted octanol–water partition coefficient (Wildman–Crippen LogP) is 2.18. The summed E-state index contributed by atoms with van der Waals surface area (Å²) in [5, 5.41) is 3.49. The smallest absolute Gasteiger partial charge is 0.254 e. The highest BCUT2D eigenvalue weighted by Crippen LogP contribution is 2.21. The molecule has 2 aliphatic heterocycles. The van der Waals surface area contributed by atoms with E-state index in [2.05, 4.69) is 10.2 Å². The van der Waals surface area contributed by atoms with Crippen LogP contribution in [0.2, 0.25) is 0 Å². The number of carbonyl (C=O) groups is 1. The van der Waals surface area contributed by atoms with Crippen molar-refractivity contribution in [3.8, 4) is 5.75 Å². The molecule has 2 heterocycles. The van der Waals surface area contributed by atoms with Crippen LogP contribution in [0.4, 0.5) is 0 Å². The lowest BCUT2D eigenvalue weighted by molar-refractivity contribution is 0.0609. The second-order valence-corrected chi connectivity index (χ2v) is 6.99. The monoisotopic (exact) mass is 367 g/mol. The van der Waals surface area contributed by atoms with Crippen LogP contribution in [0.15, 0.2) is 18.2 Å². The summed E-state index contributed by atoms with van der Waals surface area (Å²) >= 11 is 0. The van der Waals surface area contributed by atoms with Gasteiger partial charge >= 0.3 is 0 Å². The molecule has 0 bridgehead atoms. The second-order valence-electron chi connectivity index (χ2n) is 6.99. The number of piperidine rings is 1. The molecule has 5 nitrogen and oxygen atoms in total. The summed E-state index contributed by atoms with van der Waals surface area (Å²) in [5.41, 5.74) is 1.78. The Balaban J connectivity index is 0.00000225. The molecule has 2 saturated heterocycles. The number of methoxy groups -OCH3 is 1. The van der Waals surface area contributed by atoms with E-state index in [-0.39, 0.29) is 18.3 Å². The molecule has 0 aliphatic carbocycles. The zero-order chi connectivity index (χ0) is 16.9. The molecule has 1 atom stereocenters. The van der Waals surface area contributed by atoms with Gasteiger partial charge in [-0.1, -0.05) is 6.07 Å². The summed E-state index contributed by atoms with van der Waals surface area (Å²) in [6.07, 6.45) is 2.62. The van der Waals surface area contributed by atoms with Gasteiger partial charge in [0.1, 0.15) is 5.75 Å². The lowest BCUT2D eigenvalue weighted by Gasteiger charge is -2.37. The standard InChI is InChI=1S/C19H29N3O2.ClH/c1-15-5-6-17(12-18(15)24-2)19(23)22-10-8-21(9-11-22)14-16-4-3-7-20-13-16;/h5-6,12,16,20H,3-4,7-11,13-14H2,1-2H3;1H. The van der Waals surface area contributed by atoms with E-state index in [4.69, 9.17) is 4.74 Å². The first kappa shape index (κ1) is 20.0. The number of hydrogen-bond donors (Lipinski definition) is 1. The molecule has 1 N–H and O–H groups in total. The van der Waals surface area contributed by atoms with Crippen molar-refractivity contribution in [1.82, 2.24) is 15.1 Å². The van der Waals surface area contributed by atoms with E-state index in [9.17, 15) is 4.79 Å². The maximum absolute atomic E-state index is 12.7.